The molecule has 6 rings (SSSR count). The molecule has 5 aliphatic rings. The average Bonchev–Trinajstić information content (AvgIpc) is 4.19. The number of hydrogen-bond donors (Lipinski definition) is 6. The highest BCUT2D eigenvalue weighted by atomic mass is 32.3. The van der Waals surface area contributed by atoms with Gasteiger partial charge >= 0.3 is 0 Å². The van der Waals surface area contributed by atoms with Crippen molar-refractivity contribution in [2.75, 3.05) is 83.9 Å². The van der Waals surface area contributed by atoms with Gasteiger partial charge in [0.05, 0.1) is 45.1 Å². The summed E-state index contributed by atoms with van der Waals surface area (Å²) < 4.78 is 16.5. The Morgan fingerprint density at radius 1 is 0.719 bits per heavy atom. The second kappa shape index (κ2) is 27.9. The quantitative estimate of drug-likeness (QED) is 0.0318. The minimum atomic E-state index is -0.0943. The second-order valence-electron chi connectivity index (χ2n) is 18.7. The standard InChI is InChI=1S/C49H83N7O6S2/c1-2-29-60-31-33-62-34-32-61-30-26-53-48(59)39-22-20-38(21-23-39)35-56(27-14-6-3-4-12-24-51-45(58)19-11-9-17-42-47-43-37-64(42,43)47)28-15-7-5-13-25-52-44(57)18-10-8-16-41-46-40(36-63-41)54-49(50)55-46/h20-23,40-43,46-47H,2-19,24-37H2,1H3,(H,51,58)(H,52,57)(H,53,59)(H3,50,54,55). The van der Waals surface area contributed by atoms with Crippen molar-refractivity contribution in [3.63, 3.8) is 0 Å². The molecule has 13 nitrogen and oxygen atoms in total. The molecular weight excluding hydrogens is 847 g/mol. The summed E-state index contributed by atoms with van der Waals surface area (Å²) in [6, 6.07) is 8.73. The Kier molecular flexibility index (Phi) is 22.2. The fraction of sp³-hybridized carbons (Fsp3) is 0.796. The fourth-order valence-corrected chi connectivity index (χ4v) is 16.7. The topological polar surface area (TPSA) is 166 Å². The molecule has 0 aliphatic carbocycles. The number of unbranched alkanes of at least 4 members (excludes halogenated alkanes) is 9. The molecule has 7 atom stereocenters. The molecule has 0 saturated carbocycles. The molecule has 1 aromatic carbocycles. The number of guanidine groups is 1. The number of benzene rings is 1. The third kappa shape index (κ3) is 16.9. The second-order valence-corrected chi connectivity index (χ2v) is 23.9. The number of ether oxygens (including phenoxy) is 3. The Hall–Kier alpha value is -2.56. The van der Waals surface area contributed by atoms with Crippen molar-refractivity contribution in [1.29, 1.82) is 5.41 Å². The van der Waals surface area contributed by atoms with E-state index in [0.717, 1.165) is 127 Å². The molecule has 1 aromatic rings. The van der Waals surface area contributed by atoms with Crippen molar-refractivity contribution < 1.29 is 28.6 Å². The van der Waals surface area contributed by atoms with Crippen LogP contribution in [-0.4, -0.2) is 146 Å². The van der Waals surface area contributed by atoms with Gasteiger partial charge in [0.25, 0.3) is 5.91 Å². The lowest BCUT2D eigenvalue weighted by Crippen LogP contribution is -2.36. The summed E-state index contributed by atoms with van der Waals surface area (Å²) in [6.45, 7) is 10.3. The zero-order valence-electron chi connectivity index (χ0n) is 39.1. The summed E-state index contributed by atoms with van der Waals surface area (Å²) in [4.78, 5) is 40.1. The lowest BCUT2D eigenvalue weighted by Gasteiger charge is -2.23. The van der Waals surface area contributed by atoms with E-state index < -0.39 is 0 Å². The number of thioether (sulfide) groups is 1. The summed E-state index contributed by atoms with van der Waals surface area (Å²) >= 11 is 1.98. The first kappa shape index (κ1) is 50.8. The smallest absolute Gasteiger partial charge is 0.251 e. The highest BCUT2D eigenvalue weighted by Gasteiger charge is 2.93. The molecule has 5 fully saturated rings. The van der Waals surface area contributed by atoms with Gasteiger partial charge in [0.15, 0.2) is 5.96 Å². The molecule has 6 N–H and O–H groups in total. The van der Waals surface area contributed by atoms with Crippen molar-refractivity contribution in [1.82, 2.24) is 31.5 Å². The van der Waals surface area contributed by atoms with E-state index >= 15 is 0 Å². The van der Waals surface area contributed by atoms with E-state index in [1.54, 1.807) is 5.75 Å². The highest BCUT2D eigenvalue weighted by Crippen LogP contribution is 3.09. The SMILES string of the molecule is CCCOCCOCCOCCNC(=O)c1ccc(CN(CCCCCCCNC(=O)CCCCC2C3C4CS243)CCCCCCNC(=O)CCCCC2SCC3NC(=N)NC32)cc1. The number of hydrogen-bond acceptors (Lipinski definition) is 9. The maximum absolute atomic E-state index is 12.8. The van der Waals surface area contributed by atoms with Crippen LogP contribution in [0.5, 0.6) is 0 Å². The van der Waals surface area contributed by atoms with Crippen LogP contribution in [0.2, 0.25) is 0 Å². The number of nitrogens with one attached hydrogen (secondary N) is 6. The van der Waals surface area contributed by atoms with Gasteiger partial charge in [-0.25, -0.2) is 10.0 Å². The molecule has 362 valence electrons. The largest absolute Gasteiger partial charge is 0.379 e. The maximum Gasteiger partial charge on any atom is 0.251 e. The van der Waals surface area contributed by atoms with Crippen molar-refractivity contribution in [2.45, 2.75) is 162 Å². The number of carbonyl (C=O) groups excluding carboxylic acids is 3. The summed E-state index contributed by atoms with van der Waals surface area (Å²) in [5.41, 5.74) is 1.86. The van der Waals surface area contributed by atoms with Gasteiger partial charge < -0.3 is 40.8 Å². The van der Waals surface area contributed by atoms with E-state index in [1.807, 2.05) is 23.9 Å². The molecule has 7 unspecified atom stereocenters. The molecule has 0 radical (unpaired) electrons. The minimum Gasteiger partial charge on any atom is -0.379 e. The van der Waals surface area contributed by atoms with Crippen LogP contribution in [-0.2, 0) is 30.3 Å². The first-order chi connectivity index (χ1) is 31.4. The first-order valence-corrected chi connectivity index (χ1v) is 28.3. The maximum atomic E-state index is 12.8. The van der Waals surface area contributed by atoms with E-state index in [4.69, 9.17) is 19.6 Å². The number of amides is 3. The van der Waals surface area contributed by atoms with Gasteiger partial charge in [0.1, 0.15) is 0 Å². The molecule has 64 heavy (non-hydrogen) atoms. The van der Waals surface area contributed by atoms with Crippen LogP contribution in [0.25, 0.3) is 0 Å². The molecule has 3 amide bonds. The van der Waals surface area contributed by atoms with Crippen LogP contribution in [0.1, 0.15) is 138 Å². The summed E-state index contributed by atoms with van der Waals surface area (Å²) in [5, 5.41) is 27.6. The van der Waals surface area contributed by atoms with Crippen molar-refractivity contribution in [2.24, 2.45) is 0 Å². The number of nitrogens with zero attached hydrogens (tertiary/aromatic N) is 1. The Morgan fingerprint density at radius 2 is 1.31 bits per heavy atom. The number of carbonyl (C=O) groups is 3. The fourth-order valence-electron chi connectivity index (χ4n) is 9.80. The Bertz CT molecular complexity index is 1580. The van der Waals surface area contributed by atoms with Gasteiger partial charge in [-0.05, 0) is 94.3 Å². The van der Waals surface area contributed by atoms with Crippen LogP contribution in [0.15, 0.2) is 24.3 Å². The average molecular weight is 930 g/mol. The van der Waals surface area contributed by atoms with E-state index in [1.165, 1.54) is 41.7 Å². The molecular formula is C49H83N7O6S2. The van der Waals surface area contributed by atoms with Gasteiger partial charge in [0, 0.05) is 77.9 Å². The summed E-state index contributed by atoms with van der Waals surface area (Å²) in [6.07, 6.45) is 19.1. The summed E-state index contributed by atoms with van der Waals surface area (Å²) in [5.74, 6) is 3.41. The predicted octanol–water partition coefficient (Wildman–Crippen LogP) is 6.47. The van der Waals surface area contributed by atoms with Crippen LogP contribution in [0.4, 0.5) is 0 Å². The molecule has 0 bridgehead atoms. The third-order valence-electron chi connectivity index (χ3n) is 13.7. The number of rotatable bonds is 39. The normalized spacial score (nSPS) is 25.4. The molecule has 0 aromatic heterocycles. The number of fused-ring (bicyclic) bond motifs is 2. The van der Waals surface area contributed by atoms with E-state index in [2.05, 4.69) is 50.5 Å². The van der Waals surface area contributed by atoms with Crippen LogP contribution in [0, 0.1) is 5.41 Å². The van der Waals surface area contributed by atoms with E-state index in [-0.39, 0.29) is 27.7 Å². The van der Waals surface area contributed by atoms with E-state index in [0.29, 0.717) is 81.3 Å². The van der Waals surface area contributed by atoms with Crippen molar-refractivity contribution >= 4 is 45.5 Å². The Labute approximate surface area is 390 Å². The Balaban J connectivity index is 0.797. The molecule has 5 aliphatic heterocycles. The van der Waals surface area contributed by atoms with E-state index in [9.17, 15) is 14.4 Å². The zero-order valence-corrected chi connectivity index (χ0v) is 40.7. The third-order valence-corrected chi connectivity index (χ3v) is 20.0. The molecule has 15 heteroatoms. The molecule has 1 spiro atoms. The van der Waals surface area contributed by atoms with Crippen molar-refractivity contribution in [3.8, 4) is 0 Å². The van der Waals surface area contributed by atoms with Gasteiger partial charge in [-0.2, -0.15) is 11.8 Å². The molecule has 5 saturated heterocycles. The lowest BCUT2D eigenvalue weighted by atomic mass is 10.0. The lowest BCUT2D eigenvalue weighted by molar-refractivity contribution is -0.122. The van der Waals surface area contributed by atoms with Gasteiger partial charge in [-0.15, -0.1) is 0 Å². The van der Waals surface area contributed by atoms with Gasteiger partial charge in [0.2, 0.25) is 11.8 Å². The monoisotopic (exact) mass is 930 g/mol. The highest BCUT2D eigenvalue weighted by molar-refractivity contribution is 8.54. The van der Waals surface area contributed by atoms with Crippen LogP contribution in [0.3, 0.4) is 0 Å². The minimum absolute atomic E-state index is 0.0602. The zero-order chi connectivity index (χ0) is 44.8. The summed E-state index contributed by atoms with van der Waals surface area (Å²) in [7, 11) is 0.0602. The Morgan fingerprint density at radius 3 is 1.94 bits per heavy atom. The van der Waals surface area contributed by atoms with Gasteiger partial charge in [-0.3, -0.25) is 24.7 Å². The van der Waals surface area contributed by atoms with Crippen LogP contribution < -0.4 is 26.6 Å². The predicted molar refractivity (Wildman–Crippen MR) is 263 cm³/mol. The van der Waals surface area contributed by atoms with Crippen molar-refractivity contribution in [3.05, 3.63) is 35.4 Å². The first-order valence-electron chi connectivity index (χ1n) is 25.3. The van der Waals surface area contributed by atoms with Crippen LogP contribution >= 0.6 is 21.8 Å². The van der Waals surface area contributed by atoms with Gasteiger partial charge in [-0.1, -0.05) is 64.0 Å². The molecule has 5 heterocycles.